The number of nitrogens with zero attached hydrogens (tertiary/aromatic N) is 2. The summed E-state index contributed by atoms with van der Waals surface area (Å²) in [6.45, 7) is 6.73. The van der Waals surface area contributed by atoms with Gasteiger partial charge in [0, 0.05) is 30.4 Å². The third-order valence-corrected chi connectivity index (χ3v) is 2.82. The molecule has 1 aromatic rings. The van der Waals surface area contributed by atoms with Crippen molar-refractivity contribution in [1.29, 1.82) is 0 Å². The Morgan fingerprint density at radius 3 is 2.64 bits per heavy atom. The van der Waals surface area contributed by atoms with Crippen molar-refractivity contribution >= 4 is 0 Å². The first kappa shape index (κ1) is 11.2. The number of rotatable bonds is 4. The van der Waals surface area contributed by atoms with E-state index < -0.39 is 0 Å². The molecule has 0 spiro atoms. The van der Waals surface area contributed by atoms with E-state index in [0.717, 1.165) is 6.42 Å². The van der Waals surface area contributed by atoms with Gasteiger partial charge in [-0.3, -0.25) is 4.68 Å². The van der Waals surface area contributed by atoms with Crippen molar-refractivity contribution in [2.24, 2.45) is 7.05 Å². The van der Waals surface area contributed by atoms with E-state index >= 15 is 0 Å². The maximum absolute atomic E-state index is 4.21. The van der Waals surface area contributed by atoms with Crippen LogP contribution in [0.25, 0.3) is 0 Å². The smallest absolute Gasteiger partial charge is 0.0492 e. The molecule has 0 bridgehead atoms. The number of aromatic nitrogens is 2. The molecule has 80 valence electrons. The minimum absolute atomic E-state index is 0.174. The molecule has 1 unspecified atom stereocenters. The number of hydrogen-bond acceptors (Lipinski definition) is 2. The Bertz CT molecular complexity index is 288. The molecule has 1 rings (SSSR count). The Kier molecular flexibility index (Phi) is 3.32. The molecule has 1 atom stereocenters. The average Bonchev–Trinajstić information content (AvgIpc) is 2.51. The van der Waals surface area contributed by atoms with Crippen molar-refractivity contribution in [3.8, 4) is 0 Å². The van der Waals surface area contributed by atoms with Gasteiger partial charge in [0.25, 0.3) is 0 Å². The normalized spacial score (nSPS) is 14.4. The van der Waals surface area contributed by atoms with E-state index in [1.807, 2.05) is 25.0 Å². The van der Waals surface area contributed by atoms with Crippen LogP contribution in [0, 0.1) is 0 Å². The molecular weight excluding hydrogens is 174 g/mol. The van der Waals surface area contributed by atoms with Gasteiger partial charge in [-0.15, -0.1) is 0 Å². The number of aryl methyl sites for hydroxylation is 1. The quantitative estimate of drug-likeness (QED) is 0.792. The van der Waals surface area contributed by atoms with Crippen LogP contribution in [-0.2, 0) is 12.5 Å². The molecule has 0 aliphatic carbocycles. The lowest BCUT2D eigenvalue weighted by Crippen LogP contribution is -2.32. The van der Waals surface area contributed by atoms with Gasteiger partial charge >= 0.3 is 0 Å². The van der Waals surface area contributed by atoms with E-state index in [1.54, 1.807) is 0 Å². The van der Waals surface area contributed by atoms with E-state index in [4.69, 9.17) is 0 Å². The van der Waals surface area contributed by atoms with Gasteiger partial charge < -0.3 is 5.32 Å². The highest BCUT2D eigenvalue weighted by Gasteiger charge is 2.25. The van der Waals surface area contributed by atoms with Crippen molar-refractivity contribution < 1.29 is 0 Å². The number of nitrogens with one attached hydrogen (secondary N) is 1. The summed E-state index contributed by atoms with van der Waals surface area (Å²) in [4.78, 5) is 0. The molecule has 0 amide bonds. The van der Waals surface area contributed by atoms with E-state index in [0.29, 0.717) is 6.04 Å². The molecule has 0 saturated carbocycles. The van der Waals surface area contributed by atoms with Crippen molar-refractivity contribution in [2.45, 2.75) is 38.6 Å². The second-order valence-electron chi connectivity index (χ2n) is 4.62. The summed E-state index contributed by atoms with van der Waals surface area (Å²) in [6, 6.07) is 2.63. The summed E-state index contributed by atoms with van der Waals surface area (Å²) in [7, 11) is 4.01. The highest BCUT2D eigenvalue weighted by molar-refractivity contribution is 5.13. The maximum Gasteiger partial charge on any atom is 0.0492 e. The Hall–Kier alpha value is -0.830. The van der Waals surface area contributed by atoms with Gasteiger partial charge in [0.15, 0.2) is 0 Å². The zero-order chi connectivity index (χ0) is 10.8. The molecular formula is C11H21N3. The summed E-state index contributed by atoms with van der Waals surface area (Å²) in [5.41, 5.74) is 1.47. The molecule has 0 saturated heterocycles. The van der Waals surface area contributed by atoms with Gasteiger partial charge in [-0.1, -0.05) is 13.8 Å². The monoisotopic (exact) mass is 195 g/mol. The summed E-state index contributed by atoms with van der Waals surface area (Å²) < 4.78 is 1.96. The Morgan fingerprint density at radius 2 is 2.21 bits per heavy atom. The lowest BCUT2D eigenvalue weighted by atomic mass is 9.83. The van der Waals surface area contributed by atoms with Crippen LogP contribution >= 0.6 is 0 Å². The predicted molar refractivity (Wildman–Crippen MR) is 59.4 cm³/mol. The molecule has 0 aliphatic rings. The van der Waals surface area contributed by atoms with Gasteiger partial charge in [0.1, 0.15) is 0 Å². The molecule has 0 radical (unpaired) electrons. The Morgan fingerprint density at radius 1 is 1.57 bits per heavy atom. The SMILES string of the molecule is CNC(C)CC(C)(C)c1ccnn1C. The minimum Gasteiger partial charge on any atom is -0.317 e. The zero-order valence-electron chi connectivity index (χ0n) is 9.83. The molecule has 3 heteroatoms. The number of hydrogen-bond donors (Lipinski definition) is 1. The summed E-state index contributed by atoms with van der Waals surface area (Å²) in [5, 5.41) is 7.49. The molecule has 1 aromatic heterocycles. The molecule has 14 heavy (non-hydrogen) atoms. The molecule has 0 aliphatic heterocycles. The average molecular weight is 195 g/mol. The van der Waals surface area contributed by atoms with Gasteiger partial charge in [0.2, 0.25) is 0 Å². The fraction of sp³-hybridized carbons (Fsp3) is 0.727. The minimum atomic E-state index is 0.174. The van der Waals surface area contributed by atoms with Crippen LogP contribution in [-0.4, -0.2) is 22.9 Å². The van der Waals surface area contributed by atoms with Crippen LogP contribution in [0.5, 0.6) is 0 Å². The molecule has 1 heterocycles. The third kappa shape index (κ3) is 2.35. The molecule has 0 aromatic carbocycles. The highest BCUT2D eigenvalue weighted by atomic mass is 15.3. The highest BCUT2D eigenvalue weighted by Crippen LogP contribution is 2.27. The van der Waals surface area contributed by atoms with Gasteiger partial charge in [-0.2, -0.15) is 5.10 Å². The Balaban J connectivity index is 2.80. The zero-order valence-corrected chi connectivity index (χ0v) is 9.83. The largest absolute Gasteiger partial charge is 0.317 e. The van der Waals surface area contributed by atoms with Gasteiger partial charge in [-0.25, -0.2) is 0 Å². The summed E-state index contributed by atoms with van der Waals surface area (Å²) >= 11 is 0. The van der Waals surface area contributed by atoms with Gasteiger partial charge in [-0.05, 0) is 26.5 Å². The Labute approximate surface area is 86.5 Å². The first-order valence-electron chi connectivity index (χ1n) is 5.13. The fourth-order valence-electron chi connectivity index (χ4n) is 2.01. The van der Waals surface area contributed by atoms with Crippen LogP contribution < -0.4 is 5.32 Å². The molecule has 0 fully saturated rings. The van der Waals surface area contributed by atoms with E-state index in [2.05, 4.69) is 37.3 Å². The standard InChI is InChI=1S/C11H21N3/c1-9(12-4)8-11(2,3)10-6-7-13-14(10)5/h6-7,9,12H,8H2,1-5H3. The first-order chi connectivity index (χ1) is 6.47. The first-order valence-corrected chi connectivity index (χ1v) is 5.13. The fourth-order valence-corrected chi connectivity index (χ4v) is 2.01. The van der Waals surface area contributed by atoms with Crippen molar-refractivity contribution in [2.75, 3.05) is 7.05 Å². The third-order valence-electron chi connectivity index (χ3n) is 2.82. The maximum atomic E-state index is 4.21. The van der Waals surface area contributed by atoms with Crippen LogP contribution in [0.3, 0.4) is 0 Å². The van der Waals surface area contributed by atoms with Crippen LogP contribution in [0.4, 0.5) is 0 Å². The topological polar surface area (TPSA) is 29.9 Å². The van der Waals surface area contributed by atoms with Crippen molar-refractivity contribution in [1.82, 2.24) is 15.1 Å². The lowest BCUT2D eigenvalue weighted by molar-refractivity contribution is 0.383. The van der Waals surface area contributed by atoms with Crippen LogP contribution in [0.1, 0.15) is 32.9 Å². The second kappa shape index (κ2) is 4.13. The molecule has 1 N–H and O–H groups in total. The summed E-state index contributed by atoms with van der Waals surface area (Å²) in [5.74, 6) is 0. The van der Waals surface area contributed by atoms with Crippen LogP contribution in [0.15, 0.2) is 12.3 Å². The lowest BCUT2D eigenvalue weighted by Gasteiger charge is -2.28. The summed E-state index contributed by atoms with van der Waals surface area (Å²) in [6.07, 6.45) is 2.98. The van der Waals surface area contributed by atoms with E-state index in [1.165, 1.54) is 5.69 Å². The predicted octanol–water partition coefficient (Wildman–Crippen LogP) is 1.70. The van der Waals surface area contributed by atoms with E-state index in [9.17, 15) is 0 Å². The van der Waals surface area contributed by atoms with E-state index in [-0.39, 0.29) is 5.41 Å². The molecule has 3 nitrogen and oxygen atoms in total. The van der Waals surface area contributed by atoms with Crippen molar-refractivity contribution in [3.63, 3.8) is 0 Å². The van der Waals surface area contributed by atoms with Gasteiger partial charge in [0.05, 0.1) is 0 Å². The van der Waals surface area contributed by atoms with Crippen LogP contribution in [0.2, 0.25) is 0 Å². The second-order valence-corrected chi connectivity index (χ2v) is 4.62. The van der Waals surface area contributed by atoms with Crippen molar-refractivity contribution in [3.05, 3.63) is 18.0 Å².